The number of hydrogen-bond acceptors (Lipinski definition) is 10. The Bertz CT molecular complexity index is 807. The molecule has 164 valence electrons. The molecule has 30 heavy (non-hydrogen) atoms. The number of aliphatic hydroxyl groups is 5. The highest BCUT2D eigenvalue weighted by molar-refractivity contribution is 6.09. The van der Waals surface area contributed by atoms with Crippen LogP contribution in [0.15, 0.2) is 36.4 Å². The summed E-state index contributed by atoms with van der Waals surface area (Å²) in [7, 11) is 0. The highest BCUT2D eigenvalue weighted by Crippen LogP contribution is 2.28. The van der Waals surface area contributed by atoms with Crippen molar-refractivity contribution in [1.82, 2.24) is 0 Å². The van der Waals surface area contributed by atoms with E-state index in [1.54, 1.807) is 18.2 Å². The maximum Gasteiger partial charge on any atom is 0.350 e. The van der Waals surface area contributed by atoms with Crippen LogP contribution in [0.2, 0.25) is 0 Å². The summed E-state index contributed by atoms with van der Waals surface area (Å²) in [5.74, 6) is -1.64. The summed E-state index contributed by atoms with van der Waals surface area (Å²) in [4.78, 5) is 24.2. The second-order valence-electron chi connectivity index (χ2n) is 7.13. The van der Waals surface area contributed by atoms with Crippen molar-refractivity contribution < 1.29 is 49.3 Å². The quantitative estimate of drug-likeness (QED) is 0.208. The third-order valence-corrected chi connectivity index (χ3v) is 5.06. The summed E-state index contributed by atoms with van der Waals surface area (Å²) in [6.07, 6.45) is -4.20. The zero-order valence-electron chi connectivity index (χ0n) is 16.0. The number of rotatable bonds is 6. The molecule has 5 N–H and O–H groups in total. The number of ketones is 1. The number of carbonyl (C=O) groups excluding carboxylic acids is 2. The van der Waals surface area contributed by atoms with Crippen LogP contribution in [0.25, 0.3) is 0 Å². The highest BCUT2D eigenvalue weighted by atomic mass is 16.7. The van der Waals surface area contributed by atoms with Crippen molar-refractivity contribution in [3.8, 4) is 5.75 Å². The van der Waals surface area contributed by atoms with Gasteiger partial charge in [-0.05, 0) is 18.6 Å². The second kappa shape index (κ2) is 9.21. The van der Waals surface area contributed by atoms with Crippen LogP contribution in [-0.4, -0.2) is 80.2 Å². The van der Waals surface area contributed by atoms with E-state index in [9.17, 15) is 35.1 Å². The zero-order chi connectivity index (χ0) is 21.9. The molecule has 0 spiro atoms. The Morgan fingerprint density at radius 1 is 1.17 bits per heavy atom. The first-order valence-electron chi connectivity index (χ1n) is 9.43. The van der Waals surface area contributed by atoms with Crippen molar-refractivity contribution in [2.24, 2.45) is 0 Å². The normalized spacial score (nSPS) is 33.9. The van der Waals surface area contributed by atoms with Crippen molar-refractivity contribution in [2.75, 3.05) is 6.61 Å². The van der Waals surface area contributed by atoms with Crippen LogP contribution in [0.5, 0.6) is 5.75 Å². The molecule has 0 amide bonds. The van der Waals surface area contributed by atoms with Crippen molar-refractivity contribution in [3.05, 3.63) is 42.0 Å². The molecule has 1 aliphatic heterocycles. The molecule has 6 unspecified atom stereocenters. The van der Waals surface area contributed by atoms with Crippen LogP contribution in [-0.2, 0) is 25.7 Å². The lowest BCUT2D eigenvalue weighted by Crippen LogP contribution is -2.60. The Balaban J connectivity index is 1.70. The molecule has 6 atom stereocenters. The molecule has 1 aromatic carbocycles. The molecule has 3 rings (SSSR count). The lowest BCUT2D eigenvalue weighted by atomic mass is 9.90. The lowest BCUT2D eigenvalue weighted by molar-refractivity contribution is -0.277. The van der Waals surface area contributed by atoms with E-state index in [4.69, 9.17) is 14.2 Å². The van der Waals surface area contributed by atoms with Crippen LogP contribution in [0.3, 0.4) is 0 Å². The van der Waals surface area contributed by atoms with Gasteiger partial charge in [-0.3, -0.25) is 4.79 Å². The zero-order valence-corrected chi connectivity index (χ0v) is 16.0. The number of esters is 1. The molecular weight excluding hydrogens is 400 g/mol. The number of allylic oxidation sites excluding steroid dienone is 1. The van der Waals surface area contributed by atoms with Crippen LogP contribution < -0.4 is 4.74 Å². The Hall–Kier alpha value is -2.34. The summed E-state index contributed by atoms with van der Waals surface area (Å²) in [5, 5.41) is 49.4. The van der Waals surface area contributed by atoms with E-state index in [0.29, 0.717) is 12.0 Å². The molecule has 1 heterocycles. The van der Waals surface area contributed by atoms with Gasteiger partial charge in [0.2, 0.25) is 11.9 Å². The largest absolute Gasteiger partial charge is 0.462 e. The van der Waals surface area contributed by atoms with E-state index in [0.717, 1.165) is 6.08 Å². The molecule has 0 aromatic heterocycles. The number of ether oxygens (including phenoxy) is 3. The average Bonchev–Trinajstić information content (AvgIpc) is 2.75. The number of para-hydroxylation sites is 1. The van der Waals surface area contributed by atoms with E-state index in [1.807, 2.05) is 0 Å². The van der Waals surface area contributed by atoms with Gasteiger partial charge in [-0.2, -0.15) is 0 Å². The summed E-state index contributed by atoms with van der Waals surface area (Å²) >= 11 is 0. The average molecular weight is 424 g/mol. The van der Waals surface area contributed by atoms with Gasteiger partial charge in [0.1, 0.15) is 36.8 Å². The second-order valence-corrected chi connectivity index (χ2v) is 7.13. The van der Waals surface area contributed by atoms with Crippen molar-refractivity contribution in [2.45, 2.75) is 55.8 Å². The Morgan fingerprint density at radius 3 is 2.60 bits per heavy atom. The van der Waals surface area contributed by atoms with Crippen LogP contribution >= 0.6 is 0 Å². The summed E-state index contributed by atoms with van der Waals surface area (Å²) in [6, 6.07) is 6.27. The first-order valence-corrected chi connectivity index (χ1v) is 9.43. The molecule has 0 bridgehead atoms. The van der Waals surface area contributed by atoms with E-state index in [1.165, 1.54) is 12.1 Å². The lowest BCUT2D eigenvalue weighted by Gasteiger charge is -2.39. The molecule has 1 saturated heterocycles. The van der Waals surface area contributed by atoms with Gasteiger partial charge < -0.3 is 39.7 Å². The Labute approximate surface area is 171 Å². The standard InChI is InChI=1S/C20H24O10/c21-9-13-15(23)16(24)17(25)18(30-13)29-12-6-2-1-5-11(12)10-28-19(26)20(27)8-4-3-7-14(20)22/h1-2,4-6,8,13,15-18,21,23-25,27H,3,7,9-10H2. The van der Waals surface area contributed by atoms with Gasteiger partial charge in [-0.25, -0.2) is 4.79 Å². The van der Waals surface area contributed by atoms with E-state index in [2.05, 4.69) is 0 Å². The third-order valence-electron chi connectivity index (χ3n) is 5.06. The molecule has 2 aliphatic rings. The van der Waals surface area contributed by atoms with Gasteiger partial charge in [-0.1, -0.05) is 24.3 Å². The number of hydrogen-bond donors (Lipinski definition) is 5. The number of benzene rings is 1. The van der Waals surface area contributed by atoms with Crippen LogP contribution in [0.4, 0.5) is 0 Å². The minimum absolute atomic E-state index is 0.0267. The van der Waals surface area contributed by atoms with Gasteiger partial charge in [0.25, 0.3) is 0 Å². The molecule has 0 radical (unpaired) electrons. The van der Waals surface area contributed by atoms with Crippen LogP contribution in [0.1, 0.15) is 18.4 Å². The molecule has 10 heteroatoms. The van der Waals surface area contributed by atoms with Crippen molar-refractivity contribution >= 4 is 11.8 Å². The molecule has 10 nitrogen and oxygen atoms in total. The maximum absolute atomic E-state index is 12.3. The minimum atomic E-state index is -2.33. The molecule has 1 aromatic rings. The fourth-order valence-electron chi connectivity index (χ4n) is 3.21. The van der Waals surface area contributed by atoms with Gasteiger partial charge in [0.15, 0.2) is 5.78 Å². The smallest absolute Gasteiger partial charge is 0.350 e. The monoisotopic (exact) mass is 424 g/mol. The molecule has 1 aliphatic carbocycles. The minimum Gasteiger partial charge on any atom is -0.462 e. The number of aliphatic hydroxyl groups excluding tert-OH is 4. The van der Waals surface area contributed by atoms with Gasteiger partial charge in [0, 0.05) is 12.0 Å². The topological polar surface area (TPSA) is 163 Å². The van der Waals surface area contributed by atoms with E-state index in [-0.39, 0.29) is 18.8 Å². The third kappa shape index (κ3) is 4.38. The summed E-state index contributed by atoms with van der Waals surface area (Å²) in [6.45, 7) is -0.958. The number of Topliss-reactive ketones (excluding diaryl/α,β-unsaturated/α-hetero) is 1. The maximum atomic E-state index is 12.3. The first-order chi connectivity index (χ1) is 14.3. The van der Waals surface area contributed by atoms with E-state index < -0.39 is 54.7 Å². The molecule has 1 fully saturated rings. The van der Waals surface area contributed by atoms with Crippen molar-refractivity contribution in [3.63, 3.8) is 0 Å². The highest BCUT2D eigenvalue weighted by Gasteiger charge is 2.45. The molecule has 0 saturated carbocycles. The Kier molecular flexibility index (Phi) is 6.86. The number of carbonyl (C=O) groups is 2. The van der Waals surface area contributed by atoms with Gasteiger partial charge >= 0.3 is 5.97 Å². The SMILES string of the molecule is O=C1CCC=CC1(O)C(=O)OCc1ccccc1OC1OC(CO)C(O)C(O)C1O. The van der Waals surface area contributed by atoms with Crippen LogP contribution in [0, 0.1) is 0 Å². The first kappa shape index (κ1) is 22.3. The van der Waals surface area contributed by atoms with Gasteiger partial charge in [-0.15, -0.1) is 0 Å². The van der Waals surface area contributed by atoms with E-state index >= 15 is 0 Å². The predicted octanol–water partition coefficient (Wildman–Crippen LogP) is -1.44. The Morgan fingerprint density at radius 2 is 1.90 bits per heavy atom. The molecular formula is C20H24O10. The summed E-state index contributed by atoms with van der Waals surface area (Å²) < 4.78 is 16.0. The van der Waals surface area contributed by atoms with Crippen molar-refractivity contribution in [1.29, 1.82) is 0 Å². The fraction of sp³-hybridized carbons (Fsp3) is 0.500. The fourth-order valence-corrected chi connectivity index (χ4v) is 3.21. The summed E-state index contributed by atoms with van der Waals surface area (Å²) in [5.41, 5.74) is -2.00. The predicted molar refractivity (Wildman–Crippen MR) is 99.0 cm³/mol. The van der Waals surface area contributed by atoms with Gasteiger partial charge in [0.05, 0.1) is 6.61 Å².